The first kappa shape index (κ1) is 22.2. The van der Waals surface area contributed by atoms with Crippen molar-refractivity contribution in [1.29, 1.82) is 0 Å². The van der Waals surface area contributed by atoms with Gasteiger partial charge in [0.05, 0.1) is 18.3 Å². The molecule has 154 valence electrons. The molecular formula is C19H30O8. The van der Waals surface area contributed by atoms with E-state index in [1.807, 2.05) is 13.8 Å². The molecule has 0 aromatic rings. The zero-order valence-corrected chi connectivity index (χ0v) is 16.1. The van der Waals surface area contributed by atoms with Crippen molar-refractivity contribution in [2.24, 2.45) is 5.41 Å². The summed E-state index contributed by atoms with van der Waals surface area (Å²) in [5.74, 6) is -0.195. The van der Waals surface area contributed by atoms with E-state index in [9.17, 15) is 30.3 Å². The molecule has 8 nitrogen and oxygen atoms in total. The summed E-state index contributed by atoms with van der Waals surface area (Å²) in [5, 5.41) is 49.8. The lowest BCUT2D eigenvalue weighted by Crippen LogP contribution is -2.61. The Morgan fingerprint density at radius 1 is 1.19 bits per heavy atom. The summed E-state index contributed by atoms with van der Waals surface area (Å²) in [6, 6.07) is 0. The molecule has 0 aromatic heterocycles. The van der Waals surface area contributed by atoms with Crippen molar-refractivity contribution in [2.45, 2.75) is 82.9 Å². The molecule has 0 spiro atoms. The van der Waals surface area contributed by atoms with Crippen LogP contribution in [0.15, 0.2) is 17.4 Å². The minimum Gasteiger partial charge on any atom is -0.394 e. The Kier molecular flexibility index (Phi) is 6.67. The van der Waals surface area contributed by atoms with Gasteiger partial charge in [0, 0.05) is 18.1 Å². The molecule has 0 bridgehead atoms. The van der Waals surface area contributed by atoms with Crippen LogP contribution >= 0.6 is 0 Å². The topological polar surface area (TPSA) is 137 Å². The van der Waals surface area contributed by atoms with Crippen molar-refractivity contribution < 1.29 is 39.8 Å². The fourth-order valence-electron chi connectivity index (χ4n) is 4.08. The lowest BCUT2D eigenvalue weighted by atomic mass is 9.65. The number of carbonyl (C=O) groups is 1. The second-order valence-corrected chi connectivity index (χ2v) is 8.27. The van der Waals surface area contributed by atoms with E-state index < -0.39 is 54.4 Å². The Bertz CT molecular complexity index is 621. The number of ketones is 1. The average Bonchev–Trinajstić information content (AvgIpc) is 2.53. The van der Waals surface area contributed by atoms with Crippen LogP contribution in [0.25, 0.3) is 0 Å². The first-order valence-electron chi connectivity index (χ1n) is 9.06. The maximum absolute atomic E-state index is 11.4. The summed E-state index contributed by atoms with van der Waals surface area (Å²) in [4.78, 5) is 11.4. The van der Waals surface area contributed by atoms with Crippen molar-refractivity contribution in [1.82, 2.24) is 0 Å². The number of carbonyl (C=O) groups excluding carboxylic acids is 1. The number of hydrogen-bond acceptors (Lipinski definition) is 8. The summed E-state index contributed by atoms with van der Waals surface area (Å²) >= 11 is 0. The van der Waals surface area contributed by atoms with Crippen LogP contribution in [-0.4, -0.2) is 80.3 Å². The Balaban J connectivity index is 2.40. The first-order valence-corrected chi connectivity index (χ1v) is 9.06. The lowest BCUT2D eigenvalue weighted by molar-refractivity contribution is -0.325. The van der Waals surface area contributed by atoms with Crippen LogP contribution in [0, 0.1) is 5.41 Å². The van der Waals surface area contributed by atoms with E-state index in [-0.39, 0.29) is 12.2 Å². The molecule has 7 atom stereocenters. The van der Waals surface area contributed by atoms with Crippen LogP contribution in [0.2, 0.25) is 0 Å². The fourth-order valence-corrected chi connectivity index (χ4v) is 4.08. The number of hydrogen-bond donors (Lipinski definition) is 5. The van der Waals surface area contributed by atoms with Gasteiger partial charge >= 0.3 is 0 Å². The van der Waals surface area contributed by atoms with Crippen LogP contribution in [0.4, 0.5) is 0 Å². The third-order valence-corrected chi connectivity index (χ3v) is 5.22. The van der Waals surface area contributed by atoms with Crippen LogP contribution < -0.4 is 0 Å². The van der Waals surface area contributed by atoms with Crippen LogP contribution in [0.5, 0.6) is 0 Å². The van der Waals surface area contributed by atoms with Crippen LogP contribution in [-0.2, 0) is 14.3 Å². The highest BCUT2D eigenvalue weighted by Crippen LogP contribution is 2.48. The van der Waals surface area contributed by atoms with Crippen LogP contribution in [0.3, 0.4) is 0 Å². The van der Waals surface area contributed by atoms with E-state index in [2.05, 4.69) is 5.73 Å². The van der Waals surface area contributed by atoms with E-state index in [0.29, 0.717) is 12.0 Å². The highest BCUT2D eigenvalue weighted by atomic mass is 16.7. The molecule has 2 rings (SSSR count). The van der Waals surface area contributed by atoms with E-state index in [1.165, 1.54) is 13.0 Å². The maximum Gasteiger partial charge on any atom is 0.187 e. The highest BCUT2D eigenvalue weighted by molar-refractivity contribution is 5.87. The molecule has 0 aromatic carbocycles. The molecule has 27 heavy (non-hydrogen) atoms. The van der Waals surface area contributed by atoms with Gasteiger partial charge in [0.15, 0.2) is 12.1 Å². The van der Waals surface area contributed by atoms with Gasteiger partial charge in [-0.15, -0.1) is 5.73 Å². The van der Waals surface area contributed by atoms with E-state index >= 15 is 0 Å². The first-order chi connectivity index (χ1) is 12.4. The summed E-state index contributed by atoms with van der Waals surface area (Å²) < 4.78 is 11.4. The van der Waals surface area contributed by atoms with Gasteiger partial charge in [-0.3, -0.25) is 4.79 Å². The van der Waals surface area contributed by atoms with Gasteiger partial charge in [-0.05, 0) is 25.7 Å². The number of aliphatic hydroxyl groups is 5. The fraction of sp³-hybridized carbons (Fsp3) is 0.789. The van der Waals surface area contributed by atoms with Crippen molar-refractivity contribution >= 4 is 5.78 Å². The minimum absolute atomic E-state index is 0.166. The average molecular weight is 386 g/mol. The standard InChI is InChI=1S/C19H30O8/c1-10(21)5-6-13-18(2,3)7-11(22)8-19(13,4)27-17-16(25)15(24)14(23)12(9-20)26-17/h5,11-12,14-17,20,22-25H,7-9H2,1-4H3/t6?,11-,12+,14+,15-,16+,17-,19-/m0/s1. The Morgan fingerprint density at radius 2 is 1.81 bits per heavy atom. The molecule has 1 heterocycles. The third-order valence-electron chi connectivity index (χ3n) is 5.22. The molecule has 1 aliphatic heterocycles. The zero-order chi connectivity index (χ0) is 20.6. The largest absolute Gasteiger partial charge is 0.394 e. The second-order valence-electron chi connectivity index (χ2n) is 8.27. The molecule has 2 fully saturated rings. The van der Waals surface area contributed by atoms with E-state index in [4.69, 9.17) is 9.47 Å². The number of rotatable bonds is 4. The lowest BCUT2D eigenvalue weighted by Gasteiger charge is -2.49. The quantitative estimate of drug-likeness (QED) is 0.320. The van der Waals surface area contributed by atoms with Gasteiger partial charge in [0.25, 0.3) is 0 Å². The molecule has 0 amide bonds. The van der Waals surface area contributed by atoms with Gasteiger partial charge < -0.3 is 35.0 Å². The normalized spacial score (nSPS) is 41.7. The molecule has 1 saturated carbocycles. The van der Waals surface area contributed by atoms with Gasteiger partial charge in [-0.25, -0.2) is 0 Å². The highest BCUT2D eigenvalue weighted by Gasteiger charge is 2.51. The zero-order valence-electron chi connectivity index (χ0n) is 16.1. The van der Waals surface area contributed by atoms with Crippen LogP contribution in [0.1, 0.15) is 40.5 Å². The van der Waals surface area contributed by atoms with Gasteiger partial charge in [-0.2, -0.15) is 0 Å². The third kappa shape index (κ3) is 4.67. The predicted octanol–water partition coefficient (Wildman–Crippen LogP) is -0.587. The Hall–Kier alpha value is -1.09. The molecule has 0 unspecified atom stereocenters. The molecule has 2 aliphatic rings. The Morgan fingerprint density at radius 3 is 2.37 bits per heavy atom. The SMILES string of the molecule is CC(=O)C=C=C1C(C)(C)C[C@H](O)C[C@]1(C)O[C@@H]1O[C@H](CO)[C@@H](O)[C@H](O)[C@H]1O. The monoisotopic (exact) mass is 386 g/mol. The van der Waals surface area contributed by atoms with Gasteiger partial charge in [0.1, 0.15) is 24.4 Å². The van der Waals surface area contributed by atoms with E-state index in [1.54, 1.807) is 6.92 Å². The van der Waals surface area contributed by atoms with E-state index in [0.717, 1.165) is 0 Å². The molecule has 0 radical (unpaired) electrons. The van der Waals surface area contributed by atoms with Crippen molar-refractivity contribution in [3.05, 3.63) is 17.4 Å². The summed E-state index contributed by atoms with van der Waals surface area (Å²) in [6.45, 7) is 6.30. The van der Waals surface area contributed by atoms with Gasteiger partial charge in [0.2, 0.25) is 0 Å². The summed E-state index contributed by atoms with van der Waals surface area (Å²) in [5.41, 5.74) is 1.90. The van der Waals surface area contributed by atoms with Crippen molar-refractivity contribution in [3.63, 3.8) is 0 Å². The molecule has 1 saturated heterocycles. The van der Waals surface area contributed by atoms with Gasteiger partial charge in [-0.1, -0.05) is 13.8 Å². The minimum atomic E-state index is -1.56. The Labute approximate surface area is 158 Å². The van der Waals surface area contributed by atoms with Crippen molar-refractivity contribution in [2.75, 3.05) is 6.61 Å². The summed E-state index contributed by atoms with van der Waals surface area (Å²) in [6.07, 6.45) is -5.85. The predicted molar refractivity (Wildman–Crippen MR) is 94.6 cm³/mol. The maximum atomic E-state index is 11.4. The smallest absolute Gasteiger partial charge is 0.187 e. The number of ether oxygens (including phenoxy) is 2. The molecule has 5 N–H and O–H groups in total. The molecule has 1 aliphatic carbocycles. The van der Waals surface area contributed by atoms with Crippen molar-refractivity contribution in [3.8, 4) is 0 Å². The summed E-state index contributed by atoms with van der Waals surface area (Å²) in [7, 11) is 0. The molecule has 8 heteroatoms. The number of aliphatic hydroxyl groups excluding tert-OH is 5. The second kappa shape index (κ2) is 8.11. The molecular weight excluding hydrogens is 356 g/mol.